The number of thiophene rings is 1. The van der Waals surface area contributed by atoms with E-state index in [1.165, 1.54) is 45.5 Å². The first-order chi connectivity index (χ1) is 12.4. The number of rotatable bonds is 4. The molecule has 1 aromatic carbocycles. The van der Waals surface area contributed by atoms with Crippen molar-refractivity contribution in [3.05, 3.63) is 69.4 Å². The zero-order valence-electron chi connectivity index (χ0n) is 13.5. The van der Waals surface area contributed by atoms with E-state index in [2.05, 4.69) is 61.7 Å². The Morgan fingerprint density at radius 2 is 2.04 bits per heavy atom. The maximum Gasteiger partial charge on any atom is 0.200 e. The Labute approximate surface area is 148 Å². The summed E-state index contributed by atoms with van der Waals surface area (Å²) < 4.78 is 1.44. The van der Waals surface area contributed by atoms with E-state index in [1.807, 2.05) is 12.1 Å². The lowest BCUT2D eigenvalue weighted by Gasteiger charge is -2.19. The Morgan fingerprint density at radius 3 is 2.96 bits per heavy atom. The zero-order valence-corrected chi connectivity index (χ0v) is 14.3. The van der Waals surface area contributed by atoms with Crippen molar-refractivity contribution in [2.24, 2.45) is 0 Å². The molecule has 0 amide bonds. The van der Waals surface area contributed by atoms with Crippen molar-refractivity contribution in [1.82, 2.24) is 25.3 Å². The SMILES string of the molecule is c1csc([C@H](Nc2ccc3nnnn3n2)c2ccc3c(c2)CCC3)c1. The third-order valence-electron chi connectivity index (χ3n) is 4.65. The molecule has 3 heterocycles. The van der Waals surface area contributed by atoms with Crippen LogP contribution in [0.1, 0.15) is 34.0 Å². The molecule has 0 fully saturated rings. The van der Waals surface area contributed by atoms with Crippen LogP contribution in [0.5, 0.6) is 0 Å². The number of aryl methyl sites for hydroxylation is 2. The molecule has 1 N–H and O–H groups in total. The van der Waals surface area contributed by atoms with Crippen LogP contribution in [0.2, 0.25) is 0 Å². The van der Waals surface area contributed by atoms with Crippen LogP contribution in [0.15, 0.2) is 47.8 Å². The summed E-state index contributed by atoms with van der Waals surface area (Å²) in [6.07, 6.45) is 3.63. The summed E-state index contributed by atoms with van der Waals surface area (Å²) in [5.41, 5.74) is 4.86. The molecule has 0 saturated heterocycles. The van der Waals surface area contributed by atoms with Crippen LogP contribution < -0.4 is 5.32 Å². The van der Waals surface area contributed by atoms with Gasteiger partial charge < -0.3 is 5.32 Å². The summed E-state index contributed by atoms with van der Waals surface area (Å²) in [6.45, 7) is 0. The van der Waals surface area contributed by atoms with E-state index >= 15 is 0 Å². The van der Waals surface area contributed by atoms with Crippen molar-refractivity contribution < 1.29 is 0 Å². The van der Waals surface area contributed by atoms with E-state index in [-0.39, 0.29) is 6.04 Å². The van der Waals surface area contributed by atoms with E-state index in [1.54, 1.807) is 11.3 Å². The van der Waals surface area contributed by atoms with Gasteiger partial charge in [-0.3, -0.25) is 0 Å². The first-order valence-electron chi connectivity index (χ1n) is 8.34. The molecule has 0 bridgehead atoms. The smallest absolute Gasteiger partial charge is 0.200 e. The second kappa shape index (κ2) is 5.93. The zero-order chi connectivity index (χ0) is 16.6. The van der Waals surface area contributed by atoms with Crippen molar-refractivity contribution in [3.8, 4) is 0 Å². The largest absolute Gasteiger partial charge is 0.357 e. The summed E-state index contributed by atoms with van der Waals surface area (Å²) in [4.78, 5) is 1.26. The molecular weight excluding hydrogens is 332 g/mol. The molecule has 0 radical (unpaired) electrons. The van der Waals surface area contributed by atoms with Gasteiger partial charge in [-0.1, -0.05) is 24.3 Å². The highest BCUT2D eigenvalue weighted by atomic mass is 32.1. The molecule has 0 saturated carbocycles. The fraction of sp³-hybridized carbons (Fsp3) is 0.222. The molecular formula is C18H16N6S. The fourth-order valence-electron chi connectivity index (χ4n) is 3.42. The van der Waals surface area contributed by atoms with Crippen molar-refractivity contribution >= 4 is 22.8 Å². The molecule has 124 valence electrons. The quantitative estimate of drug-likeness (QED) is 0.613. The Kier molecular flexibility index (Phi) is 3.45. The van der Waals surface area contributed by atoms with Gasteiger partial charge in [-0.25, -0.2) is 0 Å². The summed E-state index contributed by atoms with van der Waals surface area (Å²) in [7, 11) is 0. The standard InChI is InChI=1S/C18H16N6S/c1-3-12-6-7-14(11-13(12)4-1)18(15-5-2-10-25-15)19-16-8-9-17-20-22-23-24(17)21-16/h2,5-11,18H,1,3-4H2,(H,19,21)/t18-/m1/s1. The Balaban J connectivity index is 1.54. The minimum atomic E-state index is 0.0623. The lowest BCUT2D eigenvalue weighted by molar-refractivity contribution is 0.731. The highest BCUT2D eigenvalue weighted by Gasteiger charge is 2.19. The minimum absolute atomic E-state index is 0.0623. The molecule has 5 rings (SSSR count). The van der Waals surface area contributed by atoms with E-state index in [0.717, 1.165) is 5.82 Å². The number of benzene rings is 1. The molecule has 0 unspecified atom stereocenters. The monoisotopic (exact) mass is 348 g/mol. The van der Waals surface area contributed by atoms with E-state index < -0.39 is 0 Å². The lowest BCUT2D eigenvalue weighted by atomic mass is 10.00. The highest BCUT2D eigenvalue weighted by molar-refractivity contribution is 7.10. The molecule has 3 aromatic heterocycles. The molecule has 4 aromatic rings. The molecule has 0 spiro atoms. The average molecular weight is 348 g/mol. The van der Waals surface area contributed by atoms with Crippen LogP contribution in [0.3, 0.4) is 0 Å². The number of nitrogens with zero attached hydrogens (tertiary/aromatic N) is 5. The topological polar surface area (TPSA) is 68.0 Å². The molecule has 7 heteroatoms. The van der Waals surface area contributed by atoms with Gasteiger partial charge in [0.15, 0.2) is 5.65 Å². The number of hydrogen-bond donors (Lipinski definition) is 1. The van der Waals surface area contributed by atoms with Gasteiger partial charge in [0.1, 0.15) is 5.82 Å². The molecule has 25 heavy (non-hydrogen) atoms. The highest BCUT2D eigenvalue weighted by Crippen LogP contribution is 2.32. The first kappa shape index (κ1) is 14.5. The maximum atomic E-state index is 4.46. The Bertz CT molecular complexity index is 1020. The summed E-state index contributed by atoms with van der Waals surface area (Å²) in [5, 5.41) is 21.5. The summed E-state index contributed by atoms with van der Waals surface area (Å²) in [5.74, 6) is 0.749. The van der Waals surface area contributed by atoms with Gasteiger partial charge in [-0.2, -0.15) is 0 Å². The number of nitrogens with one attached hydrogen (secondary N) is 1. The van der Waals surface area contributed by atoms with Crippen LogP contribution in [-0.2, 0) is 12.8 Å². The number of tetrazole rings is 1. The third kappa shape index (κ3) is 2.66. The predicted molar refractivity (Wildman–Crippen MR) is 96.8 cm³/mol. The van der Waals surface area contributed by atoms with Gasteiger partial charge in [-0.05, 0) is 70.0 Å². The van der Waals surface area contributed by atoms with Gasteiger partial charge >= 0.3 is 0 Å². The number of anilines is 1. The Morgan fingerprint density at radius 1 is 1.08 bits per heavy atom. The fourth-order valence-corrected chi connectivity index (χ4v) is 4.22. The van der Waals surface area contributed by atoms with E-state index in [0.29, 0.717) is 5.65 Å². The molecule has 1 atom stereocenters. The lowest BCUT2D eigenvalue weighted by Crippen LogP contribution is -2.13. The van der Waals surface area contributed by atoms with Crippen molar-refractivity contribution in [2.45, 2.75) is 25.3 Å². The number of fused-ring (bicyclic) bond motifs is 2. The van der Waals surface area contributed by atoms with Crippen LogP contribution in [0.25, 0.3) is 5.65 Å². The van der Waals surface area contributed by atoms with Gasteiger partial charge in [0.25, 0.3) is 0 Å². The van der Waals surface area contributed by atoms with Crippen LogP contribution in [0, 0.1) is 0 Å². The Hall–Kier alpha value is -2.80. The normalized spacial score (nSPS) is 14.6. The summed E-state index contributed by atoms with van der Waals surface area (Å²) in [6, 6.07) is 14.9. The van der Waals surface area contributed by atoms with Gasteiger partial charge in [-0.15, -0.1) is 26.2 Å². The number of aromatic nitrogens is 5. The average Bonchev–Trinajstić information content (AvgIpc) is 3.39. The van der Waals surface area contributed by atoms with Gasteiger partial charge in [0, 0.05) is 4.88 Å². The molecule has 6 nitrogen and oxygen atoms in total. The minimum Gasteiger partial charge on any atom is -0.357 e. The van der Waals surface area contributed by atoms with Crippen LogP contribution >= 0.6 is 11.3 Å². The predicted octanol–water partition coefficient (Wildman–Crippen LogP) is 3.27. The second-order valence-corrected chi connectivity index (χ2v) is 7.20. The molecule has 1 aliphatic rings. The molecule has 0 aliphatic heterocycles. The third-order valence-corrected chi connectivity index (χ3v) is 5.58. The van der Waals surface area contributed by atoms with Crippen molar-refractivity contribution in [1.29, 1.82) is 0 Å². The van der Waals surface area contributed by atoms with Crippen molar-refractivity contribution in [3.63, 3.8) is 0 Å². The molecule has 1 aliphatic carbocycles. The first-order valence-corrected chi connectivity index (χ1v) is 9.22. The van der Waals surface area contributed by atoms with Crippen LogP contribution in [-0.4, -0.2) is 25.3 Å². The number of hydrogen-bond acceptors (Lipinski definition) is 6. The van der Waals surface area contributed by atoms with Gasteiger partial charge in [0.2, 0.25) is 0 Å². The van der Waals surface area contributed by atoms with Crippen LogP contribution in [0.4, 0.5) is 5.82 Å². The van der Waals surface area contributed by atoms with Crippen molar-refractivity contribution in [2.75, 3.05) is 5.32 Å². The second-order valence-electron chi connectivity index (χ2n) is 6.22. The summed E-state index contributed by atoms with van der Waals surface area (Å²) >= 11 is 1.75. The van der Waals surface area contributed by atoms with Gasteiger partial charge in [0.05, 0.1) is 6.04 Å². The maximum absolute atomic E-state index is 4.46. The van der Waals surface area contributed by atoms with E-state index in [9.17, 15) is 0 Å². The van der Waals surface area contributed by atoms with E-state index in [4.69, 9.17) is 0 Å².